The van der Waals surface area contributed by atoms with Crippen molar-refractivity contribution in [3.8, 4) is 5.75 Å². The Morgan fingerprint density at radius 2 is 2.19 bits per heavy atom. The second kappa shape index (κ2) is 5.60. The zero-order valence-electron chi connectivity index (χ0n) is 12.7. The standard InChI is InChI=1S/C17H22N2O2/c1-3-4-7-21-14-8-12-5-6-18-16(15(12)19-11-14)13-9-17(2,20)10-13/h5-6,8,11,13,20H,3-4,7,9-10H2,1-2H3. The molecule has 1 aliphatic carbocycles. The monoisotopic (exact) mass is 286 g/mol. The molecule has 0 spiro atoms. The van der Waals surface area contributed by atoms with E-state index in [0.29, 0.717) is 5.92 Å². The van der Waals surface area contributed by atoms with Gasteiger partial charge in [0.25, 0.3) is 0 Å². The SMILES string of the molecule is CCCCOc1cnc2c(C3CC(C)(O)C3)nccc2c1. The molecular formula is C17H22N2O2. The van der Waals surface area contributed by atoms with Crippen LogP contribution in [0.15, 0.2) is 24.5 Å². The normalized spacial score (nSPS) is 24.8. The van der Waals surface area contributed by atoms with Crippen LogP contribution in [0.5, 0.6) is 5.75 Å². The van der Waals surface area contributed by atoms with Crippen molar-refractivity contribution in [2.24, 2.45) is 0 Å². The number of unbranched alkanes of at least 4 members (excludes halogenated alkanes) is 1. The van der Waals surface area contributed by atoms with Crippen LogP contribution in [0.1, 0.15) is 51.1 Å². The molecule has 0 amide bonds. The summed E-state index contributed by atoms with van der Waals surface area (Å²) >= 11 is 0. The van der Waals surface area contributed by atoms with Crippen molar-refractivity contribution in [3.63, 3.8) is 0 Å². The van der Waals surface area contributed by atoms with E-state index in [1.807, 2.05) is 25.3 Å². The summed E-state index contributed by atoms with van der Waals surface area (Å²) in [5, 5.41) is 11.0. The predicted molar refractivity (Wildman–Crippen MR) is 82.5 cm³/mol. The summed E-state index contributed by atoms with van der Waals surface area (Å²) in [5.74, 6) is 1.12. The molecule has 0 radical (unpaired) electrons. The van der Waals surface area contributed by atoms with Crippen LogP contribution in [-0.4, -0.2) is 27.3 Å². The maximum absolute atomic E-state index is 9.91. The molecule has 1 saturated carbocycles. The third-order valence-corrected chi connectivity index (χ3v) is 4.13. The molecule has 2 aromatic rings. The summed E-state index contributed by atoms with van der Waals surface area (Å²) in [7, 11) is 0. The molecule has 1 N–H and O–H groups in total. The number of fused-ring (bicyclic) bond motifs is 1. The highest BCUT2D eigenvalue weighted by Crippen LogP contribution is 2.45. The number of rotatable bonds is 5. The molecule has 4 heteroatoms. The number of hydrogen-bond acceptors (Lipinski definition) is 4. The number of aliphatic hydroxyl groups is 1. The minimum atomic E-state index is -0.544. The summed E-state index contributed by atoms with van der Waals surface area (Å²) in [4.78, 5) is 9.03. The number of aromatic nitrogens is 2. The Morgan fingerprint density at radius 3 is 2.90 bits per heavy atom. The van der Waals surface area contributed by atoms with Gasteiger partial charge in [0.15, 0.2) is 0 Å². The summed E-state index contributed by atoms with van der Waals surface area (Å²) in [6.45, 7) is 4.75. The molecule has 3 rings (SSSR count). The van der Waals surface area contributed by atoms with Gasteiger partial charge in [-0.2, -0.15) is 0 Å². The summed E-state index contributed by atoms with van der Waals surface area (Å²) in [5.41, 5.74) is 1.39. The van der Waals surface area contributed by atoms with Gasteiger partial charge in [0.1, 0.15) is 5.75 Å². The van der Waals surface area contributed by atoms with Gasteiger partial charge in [-0.3, -0.25) is 9.97 Å². The average molecular weight is 286 g/mol. The van der Waals surface area contributed by atoms with Gasteiger partial charge >= 0.3 is 0 Å². The highest BCUT2D eigenvalue weighted by molar-refractivity contribution is 5.82. The molecule has 21 heavy (non-hydrogen) atoms. The molecule has 0 atom stereocenters. The average Bonchev–Trinajstić information content (AvgIpc) is 2.44. The maximum atomic E-state index is 9.91. The second-order valence-electron chi connectivity index (χ2n) is 6.24. The van der Waals surface area contributed by atoms with Gasteiger partial charge in [0.2, 0.25) is 0 Å². The van der Waals surface area contributed by atoms with Crippen LogP contribution in [0.25, 0.3) is 10.9 Å². The van der Waals surface area contributed by atoms with Gasteiger partial charge in [0.05, 0.1) is 29.6 Å². The molecule has 0 unspecified atom stereocenters. The number of nitrogens with zero attached hydrogens (tertiary/aromatic N) is 2. The Bertz CT molecular complexity index is 632. The van der Waals surface area contributed by atoms with Crippen molar-refractivity contribution in [1.29, 1.82) is 0 Å². The third-order valence-electron chi connectivity index (χ3n) is 4.13. The fourth-order valence-corrected chi connectivity index (χ4v) is 2.97. The molecule has 0 saturated heterocycles. The molecule has 0 aliphatic heterocycles. The van der Waals surface area contributed by atoms with Crippen LogP contribution in [0, 0.1) is 0 Å². The number of pyridine rings is 2. The Hall–Kier alpha value is -1.68. The van der Waals surface area contributed by atoms with E-state index >= 15 is 0 Å². The number of hydrogen-bond donors (Lipinski definition) is 1. The first-order valence-electron chi connectivity index (χ1n) is 7.69. The molecule has 2 aromatic heterocycles. The smallest absolute Gasteiger partial charge is 0.138 e. The lowest BCUT2D eigenvalue weighted by atomic mass is 9.70. The van der Waals surface area contributed by atoms with E-state index < -0.39 is 5.60 Å². The lowest BCUT2D eigenvalue weighted by Crippen LogP contribution is -2.39. The molecule has 0 bridgehead atoms. The van der Waals surface area contributed by atoms with Crippen molar-refractivity contribution in [2.75, 3.05) is 6.61 Å². The second-order valence-corrected chi connectivity index (χ2v) is 6.24. The van der Waals surface area contributed by atoms with Crippen LogP contribution >= 0.6 is 0 Å². The van der Waals surface area contributed by atoms with Crippen LogP contribution in [0.4, 0.5) is 0 Å². The quantitative estimate of drug-likeness (QED) is 0.855. The van der Waals surface area contributed by atoms with Gasteiger partial charge in [-0.05, 0) is 38.3 Å². The molecule has 2 heterocycles. The van der Waals surface area contributed by atoms with E-state index in [4.69, 9.17) is 4.74 Å². The third kappa shape index (κ3) is 3.00. The Balaban J connectivity index is 1.83. The van der Waals surface area contributed by atoms with Crippen molar-refractivity contribution in [3.05, 3.63) is 30.2 Å². The van der Waals surface area contributed by atoms with E-state index in [1.165, 1.54) is 0 Å². The largest absolute Gasteiger partial charge is 0.492 e. The van der Waals surface area contributed by atoms with E-state index in [2.05, 4.69) is 16.9 Å². The van der Waals surface area contributed by atoms with Crippen molar-refractivity contribution in [2.45, 2.75) is 51.0 Å². The Morgan fingerprint density at radius 1 is 1.38 bits per heavy atom. The number of ether oxygens (including phenoxy) is 1. The zero-order chi connectivity index (χ0) is 14.9. The van der Waals surface area contributed by atoms with Gasteiger partial charge in [-0.15, -0.1) is 0 Å². The molecule has 1 aliphatic rings. The predicted octanol–water partition coefficient (Wildman–Crippen LogP) is 3.44. The Labute approximate surface area is 125 Å². The minimum absolute atomic E-state index is 0.308. The molecule has 1 fully saturated rings. The summed E-state index contributed by atoms with van der Waals surface area (Å²) < 4.78 is 5.71. The molecule has 4 nitrogen and oxygen atoms in total. The van der Waals surface area contributed by atoms with Crippen molar-refractivity contribution >= 4 is 10.9 Å². The van der Waals surface area contributed by atoms with Crippen LogP contribution in [0.3, 0.4) is 0 Å². The summed E-state index contributed by atoms with van der Waals surface area (Å²) in [6.07, 6.45) is 7.29. The van der Waals surface area contributed by atoms with Crippen LogP contribution in [-0.2, 0) is 0 Å². The van der Waals surface area contributed by atoms with E-state index in [9.17, 15) is 5.11 Å². The Kier molecular flexibility index (Phi) is 3.81. The fourth-order valence-electron chi connectivity index (χ4n) is 2.97. The lowest BCUT2D eigenvalue weighted by molar-refractivity contribution is -0.0319. The van der Waals surface area contributed by atoms with Crippen molar-refractivity contribution in [1.82, 2.24) is 9.97 Å². The molecule has 112 valence electrons. The maximum Gasteiger partial charge on any atom is 0.138 e. The minimum Gasteiger partial charge on any atom is -0.492 e. The lowest BCUT2D eigenvalue weighted by Gasteiger charge is -2.40. The highest BCUT2D eigenvalue weighted by Gasteiger charge is 2.40. The summed E-state index contributed by atoms with van der Waals surface area (Å²) in [6, 6.07) is 4.00. The first-order valence-corrected chi connectivity index (χ1v) is 7.69. The van der Waals surface area contributed by atoms with E-state index in [-0.39, 0.29) is 0 Å². The van der Waals surface area contributed by atoms with Crippen molar-refractivity contribution < 1.29 is 9.84 Å². The van der Waals surface area contributed by atoms with Gasteiger partial charge in [-0.1, -0.05) is 13.3 Å². The van der Waals surface area contributed by atoms with Crippen LogP contribution < -0.4 is 4.74 Å². The highest BCUT2D eigenvalue weighted by atomic mass is 16.5. The van der Waals surface area contributed by atoms with Gasteiger partial charge in [-0.25, -0.2) is 0 Å². The molecular weight excluding hydrogens is 264 g/mol. The van der Waals surface area contributed by atoms with Gasteiger partial charge in [0, 0.05) is 17.5 Å². The first-order chi connectivity index (χ1) is 10.1. The topological polar surface area (TPSA) is 55.2 Å². The van der Waals surface area contributed by atoms with E-state index in [1.54, 1.807) is 6.20 Å². The van der Waals surface area contributed by atoms with Crippen LogP contribution in [0.2, 0.25) is 0 Å². The zero-order valence-corrected chi connectivity index (χ0v) is 12.7. The van der Waals surface area contributed by atoms with Gasteiger partial charge < -0.3 is 9.84 Å². The molecule has 0 aromatic carbocycles. The fraction of sp³-hybridized carbons (Fsp3) is 0.529. The van der Waals surface area contributed by atoms with E-state index in [0.717, 1.165) is 54.6 Å². The first kappa shape index (κ1) is 14.3.